The zero-order chi connectivity index (χ0) is 25.6. The van der Waals surface area contributed by atoms with Gasteiger partial charge in [-0.3, -0.25) is 14.4 Å². The number of carbonyl (C=O) groups excluding carboxylic acids is 3. The van der Waals surface area contributed by atoms with Crippen molar-refractivity contribution in [2.24, 2.45) is 17.8 Å². The number of amides is 3. The van der Waals surface area contributed by atoms with E-state index in [-0.39, 0.29) is 30.0 Å². The van der Waals surface area contributed by atoms with E-state index < -0.39 is 66.2 Å². The van der Waals surface area contributed by atoms with E-state index in [1.807, 2.05) is 6.07 Å². The van der Waals surface area contributed by atoms with Gasteiger partial charge in [-0.1, -0.05) is 6.07 Å². The number of aromatic nitrogens is 1. The molecule has 1 aromatic carbocycles. The summed E-state index contributed by atoms with van der Waals surface area (Å²) in [6.07, 6.45) is 0.471. The number of hydrogen-bond donors (Lipinski definition) is 3. The lowest BCUT2D eigenvalue weighted by molar-refractivity contribution is -0.129. The Morgan fingerprint density at radius 2 is 2.11 bits per heavy atom. The van der Waals surface area contributed by atoms with E-state index in [2.05, 4.69) is 15.6 Å². The fraction of sp³-hybridized carbons (Fsp3) is 0.520. The van der Waals surface area contributed by atoms with Crippen LogP contribution in [0, 0.1) is 34.9 Å². The van der Waals surface area contributed by atoms with Crippen LogP contribution in [-0.4, -0.2) is 58.7 Å². The van der Waals surface area contributed by atoms with Crippen LogP contribution in [0.3, 0.4) is 0 Å². The van der Waals surface area contributed by atoms with E-state index in [0.29, 0.717) is 18.5 Å². The third kappa shape index (κ3) is 4.40. The second-order valence-corrected chi connectivity index (χ2v) is 10.0. The summed E-state index contributed by atoms with van der Waals surface area (Å²) in [5, 5.41) is 15.2. The summed E-state index contributed by atoms with van der Waals surface area (Å²) in [6, 6.07) is 5.49. The first-order valence-corrected chi connectivity index (χ1v) is 12.1. The normalized spacial score (nSPS) is 27.8. The van der Waals surface area contributed by atoms with Gasteiger partial charge < -0.3 is 20.5 Å². The van der Waals surface area contributed by atoms with E-state index in [0.717, 1.165) is 6.42 Å². The van der Waals surface area contributed by atoms with Crippen molar-refractivity contribution in [2.45, 2.75) is 50.1 Å². The standard InChI is InChI=1S/C25H26F3N5O3/c26-18-4-1-5-19-16(18)8-20(32-19)24(36)33-12-14-9-25(27,28)10-17(14)21(33)23(35)31-15(11-29)7-13-3-2-6-30-22(13)34/h1,4-5,8,13-15,17,21,32H,2-3,6-7,9-10,12H2,(H,30,34)(H,31,35)/t13-,14+,15-,17+,21+/m1/s1. The molecule has 2 aliphatic heterocycles. The summed E-state index contributed by atoms with van der Waals surface area (Å²) in [4.78, 5) is 43.0. The molecule has 0 bridgehead atoms. The molecular formula is C25H26F3N5O3. The molecule has 0 radical (unpaired) electrons. The average molecular weight is 502 g/mol. The molecule has 1 aromatic heterocycles. The highest BCUT2D eigenvalue weighted by atomic mass is 19.3. The summed E-state index contributed by atoms with van der Waals surface area (Å²) in [5.74, 6) is -6.72. The lowest BCUT2D eigenvalue weighted by Gasteiger charge is -2.29. The van der Waals surface area contributed by atoms with Gasteiger partial charge in [-0.15, -0.1) is 0 Å². The number of nitrogens with one attached hydrogen (secondary N) is 3. The maximum Gasteiger partial charge on any atom is 0.271 e. The van der Waals surface area contributed by atoms with Crippen LogP contribution in [0.25, 0.3) is 10.9 Å². The summed E-state index contributed by atoms with van der Waals surface area (Å²) in [5.41, 5.74) is 0.455. The minimum atomic E-state index is -2.94. The molecule has 0 spiro atoms. The number of likely N-dealkylation sites (tertiary alicyclic amines) is 1. The Balaban J connectivity index is 1.39. The topological polar surface area (TPSA) is 118 Å². The van der Waals surface area contributed by atoms with Crippen LogP contribution in [0.1, 0.15) is 42.6 Å². The van der Waals surface area contributed by atoms with Crippen molar-refractivity contribution in [3.8, 4) is 6.07 Å². The number of H-pyrrole nitrogens is 1. The third-order valence-corrected chi connectivity index (χ3v) is 7.64. The Labute approximate surface area is 205 Å². The van der Waals surface area contributed by atoms with Gasteiger partial charge in [-0.25, -0.2) is 13.2 Å². The van der Waals surface area contributed by atoms with Gasteiger partial charge in [0.25, 0.3) is 5.91 Å². The molecular weight excluding hydrogens is 475 g/mol. The van der Waals surface area contributed by atoms with E-state index in [1.165, 1.54) is 23.1 Å². The Kier molecular flexibility index (Phi) is 6.14. The number of halogens is 3. The zero-order valence-electron chi connectivity index (χ0n) is 19.4. The number of alkyl halides is 2. The molecule has 1 saturated carbocycles. The van der Waals surface area contributed by atoms with Gasteiger partial charge in [-0.2, -0.15) is 5.26 Å². The Morgan fingerprint density at radius 3 is 2.83 bits per heavy atom. The predicted octanol–water partition coefficient (Wildman–Crippen LogP) is 2.72. The van der Waals surface area contributed by atoms with Crippen LogP contribution in [0.2, 0.25) is 0 Å². The number of carbonyl (C=O) groups is 3. The van der Waals surface area contributed by atoms with Crippen molar-refractivity contribution < 1.29 is 27.6 Å². The van der Waals surface area contributed by atoms with Gasteiger partial charge in [0.1, 0.15) is 23.6 Å². The summed E-state index contributed by atoms with van der Waals surface area (Å²) < 4.78 is 42.6. The molecule has 36 heavy (non-hydrogen) atoms. The first-order valence-electron chi connectivity index (χ1n) is 12.1. The molecule has 5 atom stereocenters. The number of aromatic amines is 1. The Bertz CT molecular complexity index is 1260. The molecule has 8 nitrogen and oxygen atoms in total. The second-order valence-electron chi connectivity index (χ2n) is 10.0. The molecule has 3 N–H and O–H groups in total. The SMILES string of the molecule is N#C[C@@H](C[C@H]1CCCNC1=O)NC(=O)[C@@H]1[C@H]2CC(F)(F)C[C@H]2CN1C(=O)c1cc2c(F)cccc2[nH]1. The first kappa shape index (κ1) is 24.2. The molecule has 11 heteroatoms. The van der Waals surface area contributed by atoms with E-state index in [1.54, 1.807) is 6.07 Å². The lowest BCUT2D eigenvalue weighted by atomic mass is 9.90. The number of fused-ring (bicyclic) bond motifs is 2. The third-order valence-electron chi connectivity index (χ3n) is 7.64. The van der Waals surface area contributed by atoms with Crippen LogP contribution >= 0.6 is 0 Å². The zero-order valence-corrected chi connectivity index (χ0v) is 19.4. The van der Waals surface area contributed by atoms with Crippen molar-refractivity contribution in [2.75, 3.05) is 13.1 Å². The monoisotopic (exact) mass is 501 g/mol. The van der Waals surface area contributed by atoms with Crippen LogP contribution in [0.4, 0.5) is 13.2 Å². The quantitative estimate of drug-likeness (QED) is 0.584. The average Bonchev–Trinajstić information content (AvgIpc) is 3.49. The second kappa shape index (κ2) is 9.15. The number of benzene rings is 1. The van der Waals surface area contributed by atoms with E-state index in [4.69, 9.17) is 0 Å². The van der Waals surface area contributed by atoms with Crippen molar-refractivity contribution >= 4 is 28.6 Å². The molecule has 3 heterocycles. The molecule has 190 valence electrons. The largest absolute Gasteiger partial charge is 0.356 e. The van der Waals surface area contributed by atoms with Crippen molar-refractivity contribution in [1.29, 1.82) is 5.26 Å². The minimum Gasteiger partial charge on any atom is -0.356 e. The van der Waals surface area contributed by atoms with Crippen molar-refractivity contribution in [3.05, 3.63) is 35.8 Å². The highest BCUT2D eigenvalue weighted by Gasteiger charge is 2.58. The molecule has 5 rings (SSSR count). The molecule has 3 fully saturated rings. The number of piperidine rings is 1. The van der Waals surface area contributed by atoms with Crippen LogP contribution in [0.5, 0.6) is 0 Å². The Hall–Kier alpha value is -3.55. The fourth-order valence-corrected chi connectivity index (χ4v) is 5.98. The van der Waals surface area contributed by atoms with Gasteiger partial charge in [0.05, 0.1) is 6.07 Å². The van der Waals surface area contributed by atoms with Crippen molar-refractivity contribution in [3.63, 3.8) is 0 Å². The maximum atomic E-state index is 14.2. The Morgan fingerprint density at radius 1 is 1.31 bits per heavy atom. The van der Waals surface area contributed by atoms with Gasteiger partial charge >= 0.3 is 0 Å². The highest BCUT2D eigenvalue weighted by molar-refractivity contribution is 6.01. The molecule has 1 aliphatic carbocycles. The minimum absolute atomic E-state index is 0.0444. The van der Waals surface area contributed by atoms with Gasteiger partial charge in [0.2, 0.25) is 17.7 Å². The summed E-state index contributed by atoms with van der Waals surface area (Å²) >= 11 is 0. The number of nitrogens with zero attached hydrogens (tertiary/aromatic N) is 2. The molecule has 3 aliphatic rings. The predicted molar refractivity (Wildman–Crippen MR) is 122 cm³/mol. The maximum absolute atomic E-state index is 14.2. The van der Waals surface area contributed by atoms with Crippen molar-refractivity contribution in [1.82, 2.24) is 20.5 Å². The van der Waals surface area contributed by atoms with Gasteiger partial charge in [0.15, 0.2) is 0 Å². The van der Waals surface area contributed by atoms with Crippen LogP contribution in [0.15, 0.2) is 24.3 Å². The summed E-state index contributed by atoms with van der Waals surface area (Å²) in [6.45, 7) is 0.518. The van der Waals surface area contributed by atoms with E-state index in [9.17, 15) is 32.8 Å². The number of hydrogen-bond acceptors (Lipinski definition) is 4. The van der Waals surface area contributed by atoms with Crippen LogP contribution < -0.4 is 10.6 Å². The number of nitriles is 1. The molecule has 0 unspecified atom stereocenters. The summed E-state index contributed by atoms with van der Waals surface area (Å²) in [7, 11) is 0. The molecule has 2 aromatic rings. The first-order chi connectivity index (χ1) is 17.2. The van der Waals surface area contributed by atoms with Gasteiger partial charge in [-0.05, 0) is 49.3 Å². The molecule has 2 saturated heterocycles. The van der Waals surface area contributed by atoms with Crippen LogP contribution in [-0.2, 0) is 9.59 Å². The smallest absolute Gasteiger partial charge is 0.271 e. The highest BCUT2D eigenvalue weighted by Crippen LogP contribution is 2.50. The van der Waals surface area contributed by atoms with E-state index >= 15 is 0 Å². The van der Waals surface area contributed by atoms with Gasteiger partial charge in [0, 0.05) is 42.8 Å². The number of rotatable bonds is 5. The lowest BCUT2D eigenvalue weighted by Crippen LogP contribution is -2.52. The molecule has 3 amide bonds. The fourth-order valence-electron chi connectivity index (χ4n) is 5.98.